The SMILES string of the molecule is CC1OCCC1S(=O)CC(N)c1ccc2c(c1)OCO2. The van der Waals surface area contributed by atoms with Gasteiger partial charge in [0, 0.05) is 29.2 Å². The highest BCUT2D eigenvalue weighted by Crippen LogP contribution is 2.34. The van der Waals surface area contributed by atoms with E-state index in [0.29, 0.717) is 18.1 Å². The van der Waals surface area contributed by atoms with Crippen LogP contribution in [0.25, 0.3) is 0 Å². The number of fused-ring (bicyclic) bond motifs is 1. The predicted octanol–water partition coefficient (Wildman–Crippen LogP) is 1.34. The van der Waals surface area contributed by atoms with Crippen molar-refractivity contribution in [3.63, 3.8) is 0 Å². The number of benzene rings is 1. The molecule has 2 N–H and O–H groups in total. The fourth-order valence-electron chi connectivity index (χ4n) is 2.60. The minimum absolute atomic E-state index is 0.0554. The van der Waals surface area contributed by atoms with E-state index in [4.69, 9.17) is 19.9 Å². The van der Waals surface area contributed by atoms with Crippen LogP contribution in [0.15, 0.2) is 18.2 Å². The molecule has 1 aromatic rings. The summed E-state index contributed by atoms with van der Waals surface area (Å²) in [5.41, 5.74) is 7.10. The Morgan fingerprint density at radius 2 is 2.20 bits per heavy atom. The Labute approximate surface area is 120 Å². The zero-order chi connectivity index (χ0) is 14.1. The van der Waals surface area contributed by atoms with Gasteiger partial charge in [-0.3, -0.25) is 4.21 Å². The molecular weight excluding hydrogens is 278 g/mol. The Kier molecular flexibility index (Phi) is 3.96. The first-order valence-electron chi connectivity index (χ1n) is 6.79. The van der Waals surface area contributed by atoms with Crippen LogP contribution < -0.4 is 15.2 Å². The molecule has 1 aromatic carbocycles. The summed E-state index contributed by atoms with van der Waals surface area (Å²) in [4.78, 5) is 0. The molecule has 0 bridgehead atoms. The molecule has 5 nitrogen and oxygen atoms in total. The molecule has 3 rings (SSSR count). The van der Waals surface area contributed by atoms with E-state index in [0.717, 1.165) is 17.7 Å². The maximum Gasteiger partial charge on any atom is 0.231 e. The monoisotopic (exact) mass is 297 g/mol. The molecule has 20 heavy (non-hydrogen) atoms. The van der Waals surface area contributed by atoms with Gasteiger partial charge in [0.05, 0.1) is 11.4 Å². The molecule has 0 aromatic heterocycles. The van der Waals surface area contributed by atoms with Crippen molar-refractivity contribution in [3.8, 4) is 11.5 Å². The van der Waals surface area contributed by atoms with Gasteiger partial charge in [0.2, 0.25) is 6.79 Å². The summed E-state index contributed by atoms with van der Waals surface area (Å²) >= 11 is 0. The highest BCUT2D eigenvalue weighted by atomic mass is 32.2. The Balaban J connectivity index is 1.67. The van der Waals surface area contributed by atoms with E-state index in [1.54, 1.807) is 0 Å². The molecule has 4 unspecified atom stereocenters. The average molecular weight is 297 g/mol. The lowest BCUT2D eigenvalue weighted by atomic mass is 10.1. The Hall–Kier alpha value is -1.11. The lowest BCUT2D eigenvalue weighted by Crippen LogP contribution is -2.29. The van der Waals surface area contributed by atoms with Gasteiger partial charge in [-0.2, -0.15) is 0 Å². The minimum Gasteiger partial charge on any atom is -0.454 e. The maximum atomic E-state index is 12.4. The van der Waals surface area contributed by atoms with Crippen molar-refractivity contribution in [2.45, 2.75) is 30.7 Å². The van der Waals surface area contributed by atoms with E-state index < -0.39 is 10.8 Å². The molecule has 6 heteroatoms. The molecule has 0 saturated carbocycles. The van der Waals surface area contributed by atoms with Gasteiger partial charge in [-0.05, 0) is 31.0 Å². The van der Waals surface area contributed by atoms with Crippen LogP contribution in [0.4, 0.5) is 0 Å². The van der Waals surface area contributed by atoms with Crippen LogP contribution in [-0.2, 0) is 15.5 Å². The van der Waals surface area contributed by atoms with Gasteiger partial charge >= 0.3 is 0 Å². The van der Waals surface area contributed by atoms with Crippen molar-refractivity contribution in [1.82, 2.24) is 0 Å². The number of hydrogen-bond acceptors (Lipinski definition) is 5. The van der Waals surface area contributed by atoms with Gasteiger partial charge in [0.1, 0.15) is 0 Å². The molecule has 0 amide bonds. The van der Waals surface area contributed by atoms with Crippen LogP contribution in [0.5, 0.6) is 11.5 Å². The number of hydrogen-bond donors (Lipinski definition) is 1. The highest BCUT2D eigenvalue weighted by Gasteiger charge is 2.30. The van der Waals surface area contributed by atoms with Crippen LogP contribution in [0, 0.1) is 0 Å². The molecular formula is C14H19NO4S. The Morgan fingerprint density at radius 1 is 1.40 bits per heavy atom. The first-order chi connectivity index (χ1) is 9.65. The summed E-state index contributed by atoms with van der Waals surface area (Å²) in [5, 5.41) is 0.0926. The van der Waals surface area contributed by atoms with E-state index in [9.17, 15) is 4.21 Å². The summed E-state index contributed by atoms with van der Waals surface area (Å²) < 4.78 is 28.4. The van der Waals surface area contributed by atoms with Crippen molar-refractivity contribution in [2.75, 3.05) is 19.2 Å². The van der Waals surface area contributed by atoms with E-state index in [1.165, 1.54) is 0 Å². The van der Waals surface area contributed by atoms with E-state index in [-0.39, 0.29) is 24.2 Å². The van der Waals surface area contributed by atoms with Crippen molar-refractivity contribution in [1.29, 1.82) is 0 Å². The third kappa shape index (κ3) is 2.68. The van der Waals surface area contributed by atoms with Gasteiger partial charge in [0.25, 0.3) is 0 Å². The molecule has 110 valence electrons. The second kappa shape index (κ2) is 5.71. The van der Waals surface area contributed by atoms with Crippen LogP contribution >= 0.6 is 0 Å². The van der Waals surface area contributed by atoms with E-state index in [2.05, 4.69) is 0 Å². The lowest BCUT2D eigenvalue weighted by molar-refractivity contribution is 0.127. The first kappa shape index (κ1) is 13.9. The van der Waals surface area contributed by atoms with Crippen molar-refractivity contribution in [3.05, 3.63) is 23.8 Å². The smallest absolute Gasteiger partial charge is 0.231 e. The zero-order valence-corrected chi connectivity index (χ0v) is 12.2. The summed E-state index contributed by atoms with van der Waals surface area (Å²) in [6.07, 6.45) is 0.904. The Morgan fingerprint density at radius 3 is 2.95 bits per heavy atom. The minimum atomic E-state index is -0.976. The summed E-state index contributed by atoms with van der Waals surface area (Å²) in [5.74, 6) is 1.89. The van der Waals surface area contributed by atoms with Crippen molar-refractivity contribution in [2.24, 2.45) is 5.73 Å². The second-order valence-electron chi connectivity index (χ2n) is 5.17. The van der Waals surface area contributed by atoms with Crippen molar-refractivity contribution < 1.29 is 18.4 Å². The summed E-state index contributed by atoms with van der Waals surface area (Å²) in [7, 11) is -0.976. The van der Waals surface area contributed by atoms with Crippen LogP contribution in [0.2, 0.25) is 0 Å². The number of ether oxygens (including phenoxy) is 3. The van der Waals surface area contributed by atoms with Gasteiger partial charge in [-0.25, -0.2) is 0 Å². The summed E-state index contributed by atoms with van der Waals surface area (Å²) in [6, 6.07) is 5.36. The predicted molar refractivity (Wildman–Crippen MR) is 76.3 cm³/mol. The first-order valence-corrected chi connectivity index (χ1v) is 8.17. The fourth-order valence-corrected chi connectivity index (χ4v) is 4.26. The van der Waals surface area contributed by atoms with Crippen molar-refractivity contribution >= 4 is 10.8 Å². The highest BCUT2D eigenvalue weighted by molar-refractivity contribution is 7.85. The number of rotatable bonds is 4. The molecule has 0 aliphatic carbocycles. The topological polar surface area (TPSA) is 70.8 Å². The molecule has 1 fully saturated rings. The van der Waals surface area contributed by atoms with Crippen LogP contribution in [0.3, 0.4) is 0 Å². The maximum absolute atomic E-state index is 12.4. The average Bonchev–Trinajstić information content (AvgIpc) is 3.05. The summed E-state index contributed by atoms with van der Waals surface area (Å²) in [6.45, 7) is 2.91. The van der Waals surface area contributed by atoms with Gasteiger partial charge < -0.3 is 19.9 Å². The van der Waals surface area contributed by atoms with Gasteiger partial charge in [-0.15, -0.1) is 0 Å². The third-order valence-corrected chi connectivity index (χ3v) is 5.79. The fraction of sp³-hybridized carbons (Fsp3) is 0.571. The van der Waals surface area contributed by atoms with E-state index >= 15 is 0 Å². The van der Waals surface area contributed by atoms with E-state index in [1.807, 2.05) is 25.1 Å². The quantitative estimate of drug-likeness (QED) is 0.908. The second-order valence-corrected chi connectivity index (χ2v) is 6.87. The van der Waals surface area contributed by atoms with Crippen LogP contribution in [-0.4, -0.2) is 34.7 Å². The number of nitrogens with two attached hydrogens (primary N) is 1. The largest absolute Gasteiger partial charge is 0.454 e. The molecule has 2 heterocycles. The molecule has 2 aliphatic heterocycles. The Bertz CT molecular complexity index is 522. The van der Waals surface area contributed by atoms with Gasteiger partial charge in [-0.1, -0.05) is 6.07 Å². The third-order valence-electron chi connectivity index (χ3n) is 3.81. The standard InChI is InChI=1S/C14H19NO4S/c1-9-14(4-5-17-9)20(16)7-11(15)10-2-3-12-13(6-10)19-8-18-12/h2-3,6,9,11,14H,4-5,7-8,15H2,1H3. The molecule has 4 atom stereocenters. The lowest BCUT2D eigenvalue weighted by Gasteiger charge is -2.17. The molecule has 1 saturated heterocycles. The van der Waals surface area contributed by atoms with Crippen LogP contribution in [0.1, 0.15) is 24.9 Å². The molecule has 0 spiro atoms. The normalized spacial score (nSPS) is 27.5. The van der Waals surface area contributed by atoms with Gasteiger partial charge in [0.15, 0.2) is 11.5 Å². The molecule has 0 radical (unpaired) electrons. The zero-order valence-electron chi connectivity index (χ0n) is 11.4. The molecule has 2 aliphatic rings.